The largest absolute Gasteiger partial charge is 0.442 e. The van der Waals surface area contributed by atoms with Gasteiger partial charge in [0.15, 0.2) is 0 Å². The number of carbonyl (C=O) groups is 2. The first-order valence-electron chi connectivity index (χ1n) is 5.99. The van der Waals surface area contributed by atoms with Gasteiger partial charge < -0.3 is 9.57 Å². The first-order chi connectivity index (χ1) is 8.59. The minimum atomic E-state index is -3.02. The van der Waals surface area contributed by atoms with E-state index >= 15 is 0 Å². The third-order valence-corrected chi connectivity index (χ3v) is 4.24. The van der Waals surface area contributed by atoms with Crippen LogP contribution in [0, 0.1) is 5.92 Å². The molecule has 19 heavy (non-hydrogen) atoms. The number of amides is 1. The van der Waals surface area contributed by atoms with Gasteiger partial charge in [0.25, 0.3) is 0 Å². The molecule has 7 nitrogen and oxygen atoms in total. The van der Waals surface area contributed by atoms with Crippen molar-refractivity contribution in [2.45, 2.75) is 39.2 Å². The minimum Gasteiger partial charge on any atom is -0.442 e. The van der Waals surface area contributed by atoms with Gasteiger partial charge in [-0.05, 0) is 33.6 Å². The smallest absolute Gasteiger partial charge is 0.441 e. The lowest BCUT2D eigenvalue weighted by Crippen LogP contribution is -2.37. The Morgan fingerprint density at radius 3 is 2.16 bits per heavy atom. The molecule has 0 saturated carbocycles. The lowest BCUT2D eigenvalue weighted by Gasteiger charge is -2.21. The van der Waals surface area contributed by atoms with Crippen LogP contribution >= 0.6 is 0 Å². The summed E-state index contributed by atoms with van der Waals surface area (Å²) in [5.74, 6) is -1.20. The number of ether oxygens (including phenoxy) is 1. The van der Waals surface area contributed by atoms with Crippen molar-refractivity contribution in [3.05, 3.63) is 0 Å². The standard InChI is InChI=1S/C11H19NO6S/c1-11(2,3)17-10(14)12-18-9(13)8-4-6-19(15,16)7-5-8/h8H,4-7H2,1-3H3,(H,12,14). The first-order valence-corrected chi connectivity index (χ1v) is 7.81. The quantitative estimate of drug-likeness (QED) is 0.718. The van der Waals surface area contributed by atoms with Crippen molar-refractivity contribution in [1.82, 2.24) is 5.48 Å². The molecule has 1 amide bonds. The van der Waals surface area contributed by atoms with Gasteiger partial charge >= 0.3 is 12.1 Å². The van der Waals surface area contributed by atoms with E-state index in [0.717, 1.165) is 0 Å². The molecule has 1 aliphatic rings. The van der Waals surface area contributed by atoms with E-state index in [1.54, 1.807) is 20.8 Å². The Morgan fingerprint density at radius 1 is 1.16 bits per heavy atom. The van der Waals surface area contributed by atoms with Gasteiger partial charge in [-0.1, -0.05) is 0 Å². The minimum absolute atomic E-state index is 0.0286. The van der Waals surface area contributed by atoms with E-state index in [9.17, 15) is 18.0 Å². The summed E-state index contributed by atoms with van der Waals surface area (Å²) in [6.07, 6.45) is -0.418. The molecule has 0 bridgehead atoms. The molecule has 1 heterocycles. The van der Waals surface area contributed by atoms with Gasteiger partial charge in [0.1, 0.15) is 15.4 Å². The Bertz CT molecular complexity index is 436. The fourth-order valence-corrected chi connectivity index (χ4v) is 3.09. The van der Waals surface area contributed by atoms with E-state index in [-0.39, 0.29) is 24.3 Å². The van der Waals surface area contributed by atoms with E-state index in [0.29, 0.717) is 0 Å². The van der Waals surface area contributed by atoms with Gasteiger partial charge in [0, 0.05) is 0 Å². The number of hydrogen-bond donors (Lipinski definition) is 1. The number of nitrogens with one attached hydrogen (secondary N) is 1. The van der Waals surface area contributed by atoms with E-state index in [1.165, 1.54) is 0 Å². The molecule has 0 spiro atoms. The highest BCUT2D eigenvalue weighted by Crippen LogP contribution is 2.19. The van der Waals surface area contributed by atoms with Crippen molar-refractivity contribution < 1.29 is 27.6 Å². The van der Waals surface area contributed by atoms with Crippen LogP contribution in [0.25, 0.3) is 0 Å². The maximum Gasteiger partial charge on any atom is 0.441 e. The summed E-state index contributed by atoms with van der Waals surface area (Å²) in [6.45, 7) is 5.04. The summed E-state index contributed by atoms with van der Waals surface area (Å²) in [7, 11) is -3.02. The lowest BCUT2D eigenvalue weighted by molar-refractivity contribution is -0.155. The Hall–Kier alpha value is -1.31. The average Bonchev–Trinajstić information content (AvgIpc) is 2.23. The van der Waals surface area contributed by atoms with Gasteiger partial charge in [-0.25, -0.2) is 18.0 Å². The molecule has 0 aliphatic carbocycles. The zero-order valence-electron chi connectivity index (χ0n) is 11.3. The third-order valence-electron chi connectivity index (χ3n) is 2.52. The number of carbonyl (C=O) groups excluding carboxylic acids is 2. The number of hydrogen-bond acceptors (Lipinski definition) is 6. The summed E-state index contributed by atoms with van der Waals surface area (Å²) in [5, 5.41) is 0. The normalized spacial score (nSPS) is 19.5. The van der Waals surface area contributed by atoms with Crippen LogP contribution in [0.3, 0.4) is 0 Å². The lowest BCUT2D eigenvalue weighted by atomic mass is 10.0. The van der Waals surface area contributed by atoms with Crippen molar-refractivity contribution in [3.63, 3.8) is 0 Å². The van der Waals surface area contributed by atoms with Crippen LogP contribution in [0.1, 0.15) is 33.6 Å². The van der Waals surface area contributed by atoms with Crippen molar-refractivity contribution in [1.29, 1.82) is 0 Å². The molecule has 0 aromatic rings. The maximum atomic E-state index is 11.6. The molecule has 0 radical (unpaired) electrons. The predicted octanol–water partition coefficient (Wildman–Crippen LogP) is 0.794. The van der Waals surface area contributed by atoms with Crippen molar-refractivity contribution in [2.24, 2.45) is 5.92 Å². The van der Waals surface area contributed by atoms with E-state index in [2.05, 4.69) is 4.84 Å². The molecule has 1 saturated heterocycles. The fraction of sp³-hybridized carbons (Fsp3) is 0.818. The van der Waals surface area contributed by atoms with Crippen LogP contribution in [-0.4, -0.2) is 37.6 Å². The molecule has 0 unspecified atom stereocenters. The van der Waals surface area contributed by atoms with Crippen LogP contribution in [0.15, 0.2) is 0 Å². The second kappa shape index (κ2) is 5.77. The van der Waals surface area contributed by atoms with E-state index in [4.69, 9.17) is 4.74 Å². The zero-order valence-corrected chi connectivity index (χ0v) is 12.1. The molecule has 0 aromatic carbocycles. The number of hydroxylamine groups is 1. The number of sulfone groups is 1. The SMILES string of the molecule is CC(C)(C)OC(=O)NOC(=O)C1CCS(=O)(=O)CC1. The zero-order chi connectivity index (χ0) is 14.7. The topological polar surface area (TPSA) is 98.8 Å². The molecule has 1 rings (SSSR count). The highest BCUT2D eigenvalue weighted by molar-refractivity contribution is 7.91. The summed E-state index contributed by atoms with van der Waals surface area (Å²) in [6, 6.07) is 0. The molecule has 1 aliphatic heterocycles. The van der Waals surface area contributed by atoms with Gasteiger partial charge in [0.2, 0.25) is 0 Å². The van der Waals surface area contributed by atoms with E-state index < -0.39 is 33.4 Å². The number of rotatable bonds is 1. The van der Waals surface area contributed by atoms with Crippen LogP contribution in [-0.2, 0) is 24.2 Å². The van der Waals surface area contributed by atoms with Gasteiger partial charge in [-0.15, -0.1) is 5.48 Å². The molecule has 1 N–H and O–H groups in total. The molecular weight excluding hydrogens is 274 g/mol. The summed E-state index contributed by atoms with van der Waals surface area (Å²) >= 11 is 0. The molecule has 0 atom stereocenters. The summed E-state index contributed by atoms with van der Waals surface area (Å²) in [5.41, 5.74) is 1.21. The van der Waals surface area contributed by atoms with Gasteiger partial charge in [0.05, 0.1) is 17.4 Å². The van der Waals surface area contributed by atoms with Crippen LogP contribution in [0.4, 0.5) is 4.79 Å². The first kappa shape index (κ1) is 15.7. The van der Waals surface area contributed by atoms with Crippen LogP contribution < -0.4 is 5.48 Å². The molecule has 1 fully saturated rings. The Balaban J connectivity index is 2.35. The van der Waals surface area contributed by atoms with Gasteiger partial charge in [-0.3, -0.25) is 0 Å². The monoisotopic (exact) mass is 293 g/mol. The fourth-order valence-electron chi connectivity index (χ4n) is 1.60. The van der Waals surface area contributed by atoms with Crippen molar-refractivity contribution in [3.8, 4) is 0 Å². The second-order valence-electron chi connectivity index (χ2n) is 5.45. The van der Waals surface area contributed by atoms with Crippen molar-refractivity contribution in [2.75, 3.05) is 11.5 Å². The molecule has 110 valence electrons. The molecule has 0 aromatic heterocycles. The highest BCUT2D eigenvalue weighted by Gasteiger charge is 2.30. The van der Waals surface area contributed by atoms with E-state index in [1.807, 2.05) is 5.48 Å². The summed E-state index contributed by atoms with van der Waals surface area (Å²) < 4.78 is 27.3. The highest BCUT2D eigenvalue weighted by atomic mass is 32.2. The summed E-state index contributed by atoms with van der Waals surface area (Å²) in [4.78, 5) is 27.4. The average molecular weight is 293 g/mol. The molecule has 8 heteroatoms. The Kier molecular flexibility index (Phi) is 4.78. The maximum absolute atomic E-state index is 11.6. The van der Waals surface area contributed by atoms with Crippen molar-refractivity contribution >= 4 is 21.9 Å². The molecular formula is C11H19NO6S. The van der Waals surface area contributed by atoms with Crippen LogP contribution in [0.5, 0.6) is 0 Å². The van der Waals surface area contributed by atoms with Gasteiger partial charge in [-0.2, -0.15) is 0 Å². The Morgan fingerprint density at radius 2 is 1.68 bits per heavy atom. The Labute approximate surface area is 112 Å². The van der Waals surface area contributed by atoms with Crippen LogP contribution in [0.2, 0.25) is 0 Å². The second-order valence-corrected chi connectivity index (χ2v) is 7.75. The predicted molar refractivity (Wildman–Crippen MR) is 66.8 cm³/mol. The third kappa shape index (κ3) is 5.91.